The van der Waals surface area contributed by atoms with Crippen LogP contribution in [0.5, 0.6) is 0 Å². The number of hydrogen-bond donors (Lipinski definition) is 1. The zero-order valence-electron chi connectivity index (χ0n) is 14.7. The number of amides is 2. The Morgan fingerprint density at radius 2 is 1.79 bits per heavy atom. The van der Waals surface area contributed by atoms with Crippen LogP contribution in [0.4, 0.5) is 11.4 Å². The first kappa shape index (κ1) is 18.7. The van der Waals surface area contributed by atoms with Crippen molar-refractivity contribution < 1.29 is 14.2 Å². The molecule has 4 rings (SSSR count). The average molecular weight is 458 g/mol. The van der Waals surface area contributed by atoms with Crippen LogP contribution in [0.2, 0.25) is 5.02 Å². The number of benzene rings is 2. The number of aromatic nitrogens is 1. The first-order chi connectivity index (χ1) is 13.5. The number of carbonyl (C=O) groups excluding carboxylic acids is 2. The maximum atomic E-state index is 13.3. The Bertz CT molecular complexity index is 1040. The van der Waals surface area contributed by atoms with Crippen molar-refractivity contribution in [3.8, 4) is 0 Å². The van der Waals surface area contributed by atoms with Gasteiger partial charge in [0.25, 0.3) is 11.8 Å². The topological polar surface area (TPSA) is 53.3 Å². The molecule has 5 nitrogen and oxygen atoms in total. The largest absolute Gasteiger partial charge is 0.324 e. The lowest BCUT2D eigenvalue weighted by atomic mass is 10.0. The first-order valence-electron chi connectivity index (χ1n) is 8.65. The molecular weight excluding hydrogens is 442 g/mol. The predicted octanol–water partition coefficient (Wildman–Crippen LogP) is 4.12. The second-order valence-corrected chi connectivity index (χ2v) is 7.74. The molecule has 1 atom stereocenters. The van der Waals surface area contributed by atoms with Crippen LogP contribution in [0.25, 0.3) is 0 Å². The summed E-state index contributed by atoms with van der Waals surface area (Å²) < 4.78 is 2.71. The van der Waals surface area contributed by atoms with E-state index < -0.39 is 6.04 Å². The van der Waals surface area contributed by atoms with Crippen LogP contribution < -0.4 is 14.8 Å². The van der Waals surface area contributed by atoms with Crippen molar-refractivity contribution in [1.82, 2.24) is 0 Å². The van der Waals surface area contributed by atoms with Crippen LogP contribution in [0.15, 0.2) is 77.4 Å². The molecule has 1 aromatic heterocycles. The van der Waals surface area contributed by atoms with Gasteiger partial charge in [0.05, 0.1) is 0 Å². The van der Waals surface area contributed by atoms with E-state index >= 15 is 0 Å². The van der Waals surface area contributed by atoms with Gasteiger partial charge in [-0.2, -0.15) is 4.57 Å². The van der Waals surface area contributed by atoms with E-state index in [1.54, 1.807) is 29.2 Å². The molecule has 0 fully saturated rings. The van der Waals surface area contributed by atoms with Gasteiger partial charge in [-0.05, 0) is 48.5 Å². The molecule has 2 amide bonds. The molecule has 0 spiro atoms. The third kappa shape index (κ3) is 3.66. The molecule has 0 radical (unpaired) electrons. The van der Waals surface area contributed by atoms with Gasteiger partial charge in [-0.3, -0.25) is 14.5 Å². The molecule has 140 valence electrons. The van der Waals surface area contributed by atoms with Gasteiger partial charge in [-0.25, -0.2) is 0 Å². The van der Waals surface area contributed by atoms with Crippen molar-refractivity contribution in [2.75, 3.05) is 10.2 Å². The minimum Gasteiger partial charge on any atom is -0.324 e. The van der Waals surface area contributed by atoms with Crippen molar-refractivity contribution in [2.24, 2.45) is 0 Å². The fourth-order valence-electron chi connectivity index (χ4n) is 3.27. The van der Waals surface area contributed by atoms with E-state index in [1.807, 2.05) is 53.2 Å². The van der Waals surface area contributed by atoms with Crippen LogP contribution >= 0.6 is 27.5 Å². The Balaban J connectivity index is 1.75. The number of carbonyl (C=O) groups is 2. The Labute approximate surface area is 175 Å². The van der Waals surface area contributed by atoms with Crippen LogP contribution in [0.1, 0.15) is 11.7 Å². The molecule has 1 aliphatic rings. The average Bonchev–Trinajstić information content (AvgIpc) is 2.69. The standard InChI is InChI=1S/C21H15BrClN3O2/c22-14-4-10-17(11-5-14)26-19(27)13-25-12-2-1-3-18(25)20(26)21(28)24-16-8-6-15(23)7-9-16/h1-12,20H,13H2/p+1/t20-/m1/s1. The van der Waals surface area contributed by atoms with Gasteiger partial charge in [0.1, 0.15) is 0 Å². The molecule has 2 aromatic carbocycles. The smallest absolute Gasteiger partial charge is 0.294 e. The monoisotopic (exact) mass is 456 g/mol. The van der Waals surface area contributed by atoms with Crippen LogP contribution in [0, 0.1) is 0 Å². The summed E-state index contributed by atoms with van der Waals surface area (Å²) in [5.74, 6) is -0.444. The number of rotatable bonds is 3. The lowest BCUT2D eigenvalue weighted by Gasteiger charge is -2.32. The van der Waals surface area contributed by atoms with E-state index in [-0.39, 0.29) is 18.4 Å². The summed E-state index contributed by atoms with van der Waals surface area (Å²) in [6.45, 7) is 0.178. The van der Waals surface area contributed by atoms with E-state index in [2.05, 4.69) is 21.2 Å². The molecule has 1 aliphatic heterocycles. The van der Waals surface area contributed by atoms with Gasteiger partial charge in [-0.1, -0.05) is 33.6 Å². The highest BCUT2D eigenvalue weighted by molar-refractivity contribution is 9.10. The molecular formula is C21H16BrClN3O2+. The summed E-state index contributed by atoms with van der Waals surface area (Å²) in [6.07, 6.45) is 1.81. The number of nitrogens with zero attached hydrogens (tertiary/aromatic N) is 2. The summed E-state index contributed by atoms with van der Waals surface area (Å²) in [6, 6.07) is 19.0. The molecule has 1 N–H and O–H groups in total. The molecule has 0 saturated heterocycles. The second kappa shape index (κ2) is 7.73. The van der Waals surface area contributed by atoms with Crippen molar-refractivity contribution >= 4 is 50.7 Å². The van der Waals surface area contributed by atoms with E-state index in [0.29, 0.717) is 16.4 Å². The third-order valence-electron chi connectivity index (χ3n) is 4.55. The summed E-state index contributed by atoms with van der Waals surface area (Å²) in [5, 5.41) is 3.48. The SMILES string of the molecule is O=C(Nc1ccc(Cl)cc1)[C@H]1c2cccc[n+]2CC(=O)N1c1ccc(Br)cc1. The zero-order valence-corrected chi connectivity index (χ0v) is 17.0. The highest BCUT2D eigenvalue weighted by Crippen LogP contribution is 2.31. The molecule has 0 aliphatic carbocycles. The minimum absolute atomic E-state index is 0.151. The maximum Gasteiger partial charge on any atom is 0.294 e. The van der Waals surface area contributed by atoms with Gasteiger partial charge in [0.2, 0.25) is 18.3 Å². The Morgan fingerprint density at radius 1 is 1.07 bits per heavy atom. The van der Waals surface area contributed by atoms with Crippen molar-refractivity contribution in [3.05, 3.63) is 88.1 Å². The summed E-state index contributed by atoms with van der Waals surface area (Å²) in [5.41, 5.74) is 2.03. The van der Waals surface area contributed by atoms with Gasteiger partial charge in [0, 0.05) is 33.0 Å². The molecule has 0 unspecified atom stereocenters. The molecule has 7 heteroatoms. The summed E-state index contributed by atoms with van der Waals surface area (Å²) in [4.78, 5) is 27.7. The quantitative estimate of drug-likeness (QED) is 0.602. The predicted molar refractivity (Wildman–Crippen MR) is 111 cm³/mol. The number of fused-ring (bicyclic) bond motifs is 1. The van der Waals surface area contributed by atoms with Gasteiger partial charge < -0.3 is 5.32 Å². The Hall–Kier alpha value is -2.70. The third-order valence-corrected chi connectivity index (χ3v) is 5.33. The summed E-state index contributed by atoms with van der Waals surface area (Å²) >= 11 is 9.33. The minimum atomic E-state index is -0.792. The van der Waals surface area contributed by atoms with Gasteiger partial charge in [-0.15, -0.1) is 0 Å². The van der Waals surface area contributed by atoms with E-state index in [9.17, 15) is 9.59 Å². The highest BCUT2D eigenvalue weighted by atomic mass is 79.9. The number of pyridine rings is 1. The van der Waals surface area contributed by atoms with Crippen molar-refractivity contribution in [2.45, 2.75) is 12.6 Å². The number of halogens is 2. The molecule has 0 bridgehead atoms. The normalized spacial score (nSPS) is 15.9. The Kier molecular flexibility index (Phi) is 5.15. The van der Waals surface area contributed by atoms with Gasteiger partial charge >= 0.3 is 0 Å². The fraction of sp³-hybridized carbons (Fsp3) is 0.0952. The number of nitrogens with one attached hydrogen (secondary N) is 1. The van der Waals surface area contributed by atoms with Crippen LogP contribution in [-0.2, 0) is 16.1 Å². The summed E-state index contributed by atoms with van der Waals surface area (Å²) in [7, 11) is 0. The lowest BCUT2D eigenvalue weighted by molar-refractivity contribution is -0.695. The van der Waals surface area contributed by atoms with Crippen LogP contribution in [-0.4, -0.2) is 11.8 Å². The van der Waals surface area contributed by atoms with E-state index in [1.165, 1.54) is 0 Å². The lowest BCUT2D eigenvalue weighted by Crippen LogP contribution is -2.58. The molecule has 28 heavy (non-hydrogen) atoms. The van der Waals surface area contributed by atoms with Crippen molar-refractivity contribution in [1.29, 1.82) is 0 Å². The highest BCUT2D eigenvalue weighted by Gasteiger charge is 2.43. The number of hydrogen-bond acceptors (Lipinski definition) is 2. The maximum absolute atomic E-state index is 13.3. The Morgan fingerprint density at radius 3 is 2.50 bits per heavy atom. The first-order valence-corrected chi connectivity index (χ1v) is 9.82. The van der Waals surface area contributed by atoms with Crippen LogP contribution in [0.3, 0.4) is 0 Å². The fourth-order valence-corrected chi connectivity index (χ4v) is 3.66. The zero-order chi connectivity index (χ0) is 19.7. The van der Waals surface area contributed by atoms with E-state index in [4.69, 9.17) is 11.6 Å². The molecule has 2 heterocycles. The number of anilines is 2. The molecule has 3 aromatic rings. The molecule has 0 saturated carbocycles. The van der Waals surface area contributed by atoms with E-state index in [0.717, 1.165) is 10.2 Å². The van der Waals surface area contributed by atoms with Crippen molar-refractivity contribution in [3.63, 3.8) is 0 Å². The second-order valence-electron chi connectivity index (χ2n) is 6.39. The van der Waals surface area contributed by atoms with Gasteiger partial charge in [0.15, 0.2) is 6.20 Å².